The number of nitrogens with zero attached hydrogens (tertiary/aromatic N) is 3. The number of rotatable bonds is 10. The van der Waals surface area contributed by atoms with E-state index >= 15 is 0 Å². The highest BCUT2D eigenvalue weighted by molar-refractivity contribution is 5.77. The molecule has 1 aromatic carbocycles. The molecule has 2 aromatic rings. The van der Waals surface area contributed by atoms with Crippen LogP contribution in [-0.4, -0.2) is 44.8 Å². The molecule has 2 rings (SSSR count). The molecule has 1 heterocycles. The molecule has 0 saturated carbocycles. The molecule has 144 valence electrons. The van der Waals surface area contributed by atoms with E-state index in [2.05, 4.69) is 10.4 Å². The van der Waals surface area contributed by atoms with Crippen LogP contribution in [0.25, 0.3) is 0 Å². The van der Waals surface area contributed by atoms with Gasteiger partial charge in [-0.15, -0.1) is 0 Å². The van der Waals surface area contributed by atoms with E-state index in [-0.39, 0.29) is 25.2 Å². The third-order valence-electron chi connectivity index (χ3n) is 3.75. The second-order valence-electron chi connectivity index (χ2n) is 5.77. The summed E-state index contributed by atoms with van der Waals surface area (Å²) in [5.41, 5.74) is 0.588. The number of hydrogen-bond acceptors (Lipinski definition) is 6. The van der Waals surface area contributed by atoms with E-state index in [1.54, 1.807) is 24.3 Å². The third kappa shape index (κ3) is 6.10. The van der Waals surface area contributed by atoms with Crippen molar-refractivity contribution in [1.29, 1.82) is 0 Å². The Labute approximate surface area is 154 Å². The van der Waals surface area contributed by atoms with E-state index in [0.29, 0.717) is 12.4 Å². The molecule has 1 amide bonds. The van der Waals surface area contributed by atoms with Crippen LogP contribution in [0.4, 0.5) is 5.69 Å². The first kappa shape index (κ1) is 19.9. The first-order valence-electron chi connectivity index (χ1n) is 8.27. The van der Waals surface area contributed by atoms with Crippen LogP contribution in [0.1, 0.15) is 12.5 Å². The van der Waals surface area contributed by atoms with Gasteiger partial charge in [-0.1, -0.05) is 12.1 Å². The molecule has 0 spiro atoms. The molecule has 0 fully saturated rings. The molecule has 10 nitrogen and oxygen atoms in total. The fourth-order valence-electron chi connectivity index (χ4n) is 2.39. The Morgan fingerprint density at radius 1 is 1.37 bits per heavy atom. The molecule has 10 heteroatoms. The number of hydrogen-bond donors (Lipinski definition) is 2. The molecule has 0 radical (unpaired) electrons. The van der Waals surface area contributed by atoms with Gasteiger partial charge in [0.15, 0.2) is 0 Å². The lowest BCUT2D eigenvalue weighted by Gasteiger charge is -2.14. The minimum atomic E-state index is -1.03. The summed E-state index contributed by atoms with van der Waals surface area (Å²) in [5, 5.41) is 26.2. The lowest BCUT2D eigenvalue weighted by atomic mass is 9.99. The molecule has 1 aromatic heterocycles. The first-order chi connectivity index (χ1) is 12.9. The lowest BCUT2D eigenvalue weighted by molar-refractivity contribution is -0.385. The summed E-state index contributed by atoms with van der Waals surface area (Å²) in [6.07, 6.45) is 2.42. The Balaban J connectivity index is 1.88. The van der Waals surface area contributed by atoms with Crippen molar-refractivity contribution < 1.29 is 24.4 Å². The molecule has 0 aliphatic rings. The third-order valence-corrected chi connectivity index (χ3v) is 3.75. The average Bonchev–Trinajstić information content (AvgIpc) is 3.08. The van der Waals surface area contributed by atoms with Crippen molar-refractivity contribution in [2.45, 2.75) is 19.9 Å². The zero-order valence-electron chi connectivity index (χ0n) is 14.7. The number of nitrogens with one attached hydrogen (secondary N) is 1. The number of carboxylic acids is 1. The van der Waals surface area contributed by atoms with Gasteiger partial charge in [-0.2, -0.15) is 5.10 Å². The summed E-state index contributed by atoms with van der Waals surface area (Å²) < 4.78 is 6.46. The number of aliphatic carboxylic acids is 1. The van der Waals surface area contributed by atoms with Gasteiger partial charge in [0.25, 0.3) is 0 Å². The number of ether oxygens (including phenoxy) is 1. The van der Waals surface area contributed by atoms with Crippen molar-refractivity contribution in [3.8, 4) is 5.75 Å². The Bertz CT molecular complexity index is 802. The van der Waals surface area contributed by atoms with Crippen molar-refractivity contribution in [2.75, 3.05) is 13.2 Å². The van der Waals surface area contributed by atoms with Gasteiger partial charge in [-0.3, -0.25) is 24.4 Å². The van der Waals surface area contributed by atoms with E-state index < -0.39 is 22.7 Å². The van der Waals surface area contributed by atoms with E-state index in [1.165, 1.54) is 0 Å². The predicted molar refractivity (Wildman–Crippen MR) is 94.3 cm³/mol. The molecule has 0 bridgehead atoms. The number of benzene rings is 1. The Kier molecular flexibility index (Phi) is 6.86. The van der Waals surface area contributed by atoms with E-state index in [9.17, 15) is 24.8 Å². The van der Waals surface area contributed by atoms with Crippen molar-refractivity contribution >= 4 is 17.6 Å². The minimum Gasteiger partial charge on any atom is -0.494 e. The highest BCUT2D eigenvalue weighted by Crippen LogP contribution is 2.15. The summed E-state index contributed by atoms with van der Waals surface area (Å²) in [6, 6.07) is 7.10. The summed E-state index contributed by atoms with van der Waals surface area (Å²) >= 11 is 0. The largest absolute Gasteiger partial charge is 0.494 e. The maximum atomic E-state index is 11.9. The number of carbonyl (C=O) groups is 2. The number of amides is 1. The smallest absolute Gasteiger partial charge is 0.308 e. The van der Waals surface area contributed by atoms with Crippen molar-refractivity contribution in [3.63, 3.8) is 0 Å². The normalized spacial score (nSPS) is 11.6. The van der Waals surface area contributed by atoms with Gasteiger partial charge in [-0.05, 0) is 31.0 Å². The first-order valence-corrected chi connectivity index (χ1v) is 8.27. The van der Waals surface area contributed by atoms with Crippen molar-refractivity contribution in [3.05, 3.63) is 52.3 Å². The van der Waals surface area contributed by atoms with Gasteiger partial charge in [0.2, 0.25) is 5.91 Å². The topological polar surface area (TPSA) is 137 Å². The molecule has 0 aliphatic carbocycles. The van der Waals surface area contributed by atoms with E-state index in [4.69, 9.17) is 4.74 Å². The standard InChI is InChI=1S/C17H20N4O6/c1-2-27-15-5-3-12(4-6-15)7-13(17(23)24)8-18-16(22)11-20-10-14(9-19-20)21(25)26/h3-6,9-10,13H,2,7-8,11H2,1H3,(H,18,22)(H,23,24). The number of carbonyl (C=O) groups excluding carboxylic acids is 1. The quantitative estimate of drug-likeness (QED) is 0.470. The molecule has 1 atom stereocenters. The van der Waals surface area contributed by atoms with Gasteiger partial charge >= 0.3 is 11.7 Å². The molecular weight excluding hydrogens is 356 g/mol. The van der Waals surface area contributed by atoms with Crippen LogP contribution >= 0.6 is 0 Å². The molecule has 1 unspecified atom stereocenters. The number of carboxylic acid groups (broad SMARTS) is 1. The van der Waals surface area contributed by atoms with Crippen LogP contribution < -0.4 is 10.1 Å². The number of nitro groups is 1. The summed E-state index contributed by atoms with van der Waals surface area (Å²) in [6.45, 7) is 2.12. The zero-order valence-corrected chi connectivity index (χ0v) is 14.7. The predicted octanol–water partition coefficient (Wildman–Crippen LogP) is 1.25. The summed E-state index contributed by atoms with van der Waals surface area (Å²) in [5.74, 6) is -1.61. The van der Waals surface area contributed by atoms with Crippen LogP contribution in [0.5, 0.6) is 5.75 Å². The van der Waals surface area contributed by atoms with Crippen LogP contribution in [0.3, 0.4) is 0 Å². The lowest BCUT2D eigenvalue weighted by Crippen LogP contribution is -2.36. The van der Waals surface area contributed by atoms with Gasteiger partial charge in [0, 0.05) is 6.54 Å². The highest BCUT2D eigenvalue weighted by Gasteiger charge is 2.19. The second-order valence-corrected chi connectivity index (χ2v) is 5.77. The van der Waals surface area contributed by atoms with Gasteiger partial charge < -0.3 is 15.2 Å². The molecule has 0 saturated heterocycles. The molecule has 27 heavy (non-hydrogen) atoms. The summed E-state index contributed by atoms with van der Waals surface area (Å²) in [4.78, 5) is 33.4. The monoisotopic (exact) mass is 376 g/mol. The average molecular weight is 376 g/mol. The SMILES string of the molecule is CCOc1ccc(CC(CNC(=O)Cn2cc([N+](=O)[O-])cn2)C(=O)O)cc1. The van der Waals surface area contributed by atoms with Crippen LogP contribution in [-0.2, 0) is 22.6 Å². The zero-order chi connectivity index (χ0) is 19.8. The summed E-state index contributed by atoms with van der Waals surface area (Å²) in [7, 11) is 0. The fraction of sp³-hybridized carbons (Fsp3) is 0.353. The molecule has 0 aliphatic heterocycles. The van der Waals surface area contributed by atoms with Crippen LogP contribution in [0.2, 0.25) is 0 Å². The minimum absolute atomic E-state index is 0.0647. The Morgan fingerprint density at radius 3 is 2.63 bits per heavy atom. The van der Waals surface area contributed by atoms with Crippen molar-refractivity contribution in [1.82, 2.24) is 15.1 Å². The van der Waals surface area contributed by atoms with Gasteiger partial charge in [0.1, 0.15) is 24.7 Å². The molecule has 2 N–H and O–H groups in total. The fourth-order valence-corrected chi connectivity index (χ4v) is 2.39. The second kappa shape index (κ2) is 9.32. The van der Waals surface area contributed by atoms with Crippen LogP contribution in [0.15, 0.2) is 36.7 Å². The van der Waals surface area contributed by atoms with E-state index in [1.807, 2.05) is 6.92 Å². The van der Waals surface area contributed by atoms with Crippen molar-refractivity contribution in [2.24, 2.45) is 5.92 Å². The molecular formula is C17H20N4O6. The Hall–Kier alpha value is -3.43. The van der Waals surface area contributed by atoms with E-state index in [0.717, 1.165) is 22.6 Å². The Morgan fingerprint density at radius 2 is 2.07 bits per heavy atom. The maximum absolute atomic E-state index is 11.9. The maximum Gasteiger partial charge on any atom is 0.308 e. The highest BCUT2D eigenvalue weighted by atomic mass is 16.6. The van der Waals surface area contributed by atoms with Gasteiger partial charge in [0.05, 0.1) is 17.4 Å². The van der Waals surface area contributed by atoms with Crippen LogP contribution in [0, 0.1) is 16.0 Å². The van der Waals surface area contributed by atoms with Gasteiger partial charge in [-0.25, -0.2) is 0 Å². The number of aromatic nitrogens is 2.